The lowest BCUT2D eigenvalue weighted by Gasteiger charge is -2.07. The van der Waals surface area contributed by atoms with Gasteiger partial charge in [-0.3, -0.25) is 0 Å². The van der Waals surface area contributed by atoms with Crippen LogP contribution >= 0.6 is 11.3 Å². The first kappa shape index (κ1) is 14.3. The van der Waals surface area contributed by atoms with Crippen molar-refractivity contribution in [2.24, 2.45) is 0 Å². The molecule has 0 fully saturated rings. The van der Waals surface area contributed by atoms with Crippen LogP contribution in [0.25, 0.3) is 22.4 Å². The number of benzene rings is 2. The predicted octanol–water partition coefficient (Wildman–Crippen LogP) is 3.42. The Morgan fingerprint density at radius 1 is 1.14 bits per heavy atom. The van der Waals surface area contributed by atoms with Crippen molar-refractivity contribution in [3.63, 3.8) is 0 Å². The van der Waals surface area contributed by atoms with Gasteiger partial charge in [0.05, 0.1) is 23.9 Å². The van der Waals surface area contributed by atoms with Crippen LogP contribution < -0.4 is 5.73 Å². The summed E-state index contributed by atoms with van der Waals surface area (Å²) >= 11 is 1.40. The van der Waals surface area contributed by atoms with Gasteiger partial charge in [-0.1, -0.05) is 18.2 Å². The number of nitriles is 1. The van der Waals surface area contributed by atoms with Crippen molar-refractivity contribution in [2.75, 3.05) is 5.73 Å². The molecule has 0 amide bonds. The van der Waals surface area contributed by atoms with E-state index in [1.54, 1.807) is 6.07 Å². The van der Waals surface area contributed by atoms with Gasteiger partial charge in [-0.05, 0) is 41.0 Å². The van der Waals surface area contributed by atoms with Gasteiger partial charge in [-0.2, -0.15) is 5.26 Å². The minimum atomic E-state index is -0.0924. The smallest absolute Gasteiger partial charge is 0.180 e. The average Bonchev–Trinajstić information content (AvgIpc) is 3.01. The number of anilines is 1. The zero-order valence-corrected chi connectivity index (χ0v) is 12.5. The Balaban J connectivity index is 2.08. The molecule has 1 heterocycles. The lowest BCUT2D eigenvalue weighted by molar-refractivity contribution is 0.282. The number of nitrogen functional groups attached to an aromatic ring is 1. The third-order valence-corrected chi connectivity index (χ3v) is 3.99. The molecule has 3 aromatic rings. The van der Waals surface area contributed by atoms with E-state index in [1.165, 1.54) is 11.3 Å². The summed E-state index contributed by atoms with van der Waals surface area (Å²) in [6.07, 6.45) is 0. The van der Waals surface area contributed by atoms with Crippen molar-refractivity contribution < 1.29 is 5.11 Å². The van der Waals surface area contributed by atoms with Crippen molar-refractivity contribution in [2.45, 2.75) is 6.61 Å². The van der Waals surface area contributed by atoms with Crippen molar-refractivity contribution in [1.29, 1.82) is 5.26 Å². The highest BCUT2D eigenvalue weighted by molar-refractivity contribution is 7.13. The van der Waals surface area contributed by atoms with Crippen LogP contribution in [0.4, 0.5) is 5.13 Å². The summed E-state index contributed by atoms with van der Waals surface area (Å²) in [4.78, 5) is 4.29. The quantitative estimate of drug-likeness (QED) is 0.776. The molecule has 4 nitrogen and oxygen atoms in total. The Morgan fingerprint density at radius 2 is 1.95 bits per heavy atom. The van der Waals surface area contributed by atoms with Crippen LogP contribution in [-0.4, -0.2) is 10.1 Å². The van der Waals surface area contributed by atoms with Crippen LogP contribution in [-0.2, 0) is 6.61 Å². The molecule has 1 aromatic heterocycles. The second-order valence-corrected chi connectivity index (χ2v) is 5.73. The summed E-state index contributed by atoms with van der Waals surface area (Å²) in [5, 5.41) is 20.9. The number of hydrogen-bond acceptors (Lipinski definition) is 5. The van der Waals surface area contributed by atoms with Crippen LogP contribution in [0, 0.1) is 11.3 Å². The summed E-state index contributed by atoms with van der Waals surface area (Å²) in [5.41, 5.74) is 10.6. The zero-order valence-electron chi connectivity index (χ0n) is 11.7. The Kier molecular flexibility index (Phi) is 3.88. The van der Waals surface area contributed by atoms with E-state index in [2.05, 4.69) is 11.1 Å². The van der Waals surface area contributed by atoms with Gasteiger partial charge in [0.2, 0.25) is 0 Å². The Bertz CT molecular complexity index is 864. The molecule has 3 N–H and O–H groups in total. The van der Waals surface area contributed by atoms with E-state index in [4.69, 9.17) is 11.0 Å². The van der Waals surface area contributed by atoms with E-state index >= 15 is 0 Å². The second-order valence-electron chi connectivity index (χ2n) is 4.84. The van der Waals surface area contributed by atoms with Gasteiger partial charge in [0.1, 0.15) is 0 Å². The molecule has 0 atom stereocenters. The van der Waals surface area contributed by atoms with E-state index in [-0.39, 0.29) is 6.61 Å². The summed E-state index contributed by atoms with van der Waals surface area (Å²) < 4.78 is 0. The zero-order chi connectivity index (χ0) is 15.5. The normalized spacial score (nSPS) is 10.4. The lowest BCUT2D eigenvalue weighted by Crippen LogP contribution is -1.89. The van der Waals surface area contributed by atoms with Gasteiger partial charge in [-0.15, -0.1) is 11.3 Å². The molecule has 0 saturated carbocycles. The molecule has 0 unspecified atom stereocenters. The summed E-state index contributed by atoms with van der Waals surface area (Å²) in [6.45, 7) is -0.0924. The number of rotatable bonds is 3. The fourth-order valence-corrected chi connectivity index (χ4v) is 2.87. The molecule has 0 aliphatic heterocycles. The monoisotopic (exact) mass is 307 g/mol. The van der Waals surface area contributed by atoms with Gasteiger partial charge in [0, 0.05) is 10.9 Å². The average molecular weight is 307 g/mol. The fraction of sp³-hybridized carbons (Fsp3) is 0.0588. The van der Waals surface area contributed by atoms with Gasteiger partial charge in [-0.25, -0.2) is 4.98 Å². The van der Waals surface area contributed by atoms with Crippen LogP contribution in [0.15, 0.2) is 47.8 Å². The van der Waals surface area contributed by atoms with Gasteiger partial charge in [0.25, 0.3) is 0 Å². The standard InChI is InChI=1S/C17H13N3OS/c18-8-11-4-12(9-21)6-15(5-11)13-2-1-3-14(7-13)16-10-22-17(19)20-16/h1-7,10,21H,9H2,(H2,19,20). The maximum atomic E-state index is 9.33. The first-order chi connectivity index (χ1) is 10.7. The Hall–Kier alpha value is -2.68. The van der Waals surface area contributed by atoms with E-state index < -0.39 is 0 Å². The SMILES string of the molecule is N#Cc1cc(CO)cc(-c2cccc(-c3csc(N)n3)c2)c1. The molecule has 3 rings (SSSR count). The van der Waals surface area contributed by atoms with E-state index in [9.17, 15) is 5.11 Å². The molecule has 0 bridgehead atoms. The maximum Gasteiger partial charge on any atom is 0.180 e. The molecule has 0 saturated heterocycles. The van der Waals surface area contributed by atoms with Crippen molar-refractivity contribution in [1.82, 2.24) is 4.98 Å². The molecule has 2 aromatic carbocycles. The number of aliphatic hydroxyl groups excluding tert-OH is 1. The highest BCUT2D eigenvalue weighted by Gasteiger charge is 2.07. The van der Waals surface area contributed by atoms with E-state index in [0.29, 0.717) is 10.7 Å². The second kappa shape index (κ2) is 5.98. The molecule has 22 heavy (non-hydrogen) atoms. The number of aromatic nitrogens is 1. The highest BCUT2D eigenvalue weighted by atomic mass is 32.1. The summed E-state index contributed by atoms with van der Waals surface area (Å²) in [5.74, 6) is 0. The first-order valence-electron chi connectivity index (χ1n) is 6.66. The Morgan fingerprint density at radius 3 is 2.64 bits per heavy atom. The summed E-state index contributed by atoms with van der Waals surface area (Å²) in [7, 11) is 0. The first-order valence-corrected chi connectivity index (χ1v) is 7.54. The minimum absolute atomic E-state index is 0.0924. The maximum absolute atomic E-state index is 9.33. The van der Waals surface area contributed by atoms with Gasteiger partial charge in [0.15, 0.2) is 5.13 Å². The third-order valence-electron chi connectivity index (χ3n) is 3.32. The van der Waals surface area contributed by atoms with Crippen molar-refractivity contribution in [3.05, 3.63) is 59.0 Å². The van der Waals surface area contributed by atoms with E-state index in [1.807, 2.05) is 41.8 Å². The molecule has 0 aliphatic carbocycles. The predicted molar refractivity (Wildman–Crippen MR) is 88.0 cm³/mol. The fourth-order valence-electron chi connectivity index (χ4n) is 2.29. The molecular weight excluding hydrogens is 294 g/mol. The largest absolute Gasteiger partial charge is 0.392 e. The van der Waals surface area contributed by atoms with Crippen molar-refractivity contribution in [3.8, 4) is 28.5 Å². The third kappa shape index (κ3) is 2.84. The van der Waals surface area contributed by atoms with Crippen LogP contribution in [0.3, 0.4) is 0 Å². The molecule has 108 valence electrons. The van der Waals surface area contributed by atoms with Crippen LogP contribution in [0.1, 0.15) is 11.1 Å². The number of nitrogens with two attached hydrogens (primary N) is 1. The Labute approximate surface area is 132 Å². The van der Waals surface area contributed by atoms with Crippen molar-refractivity contribution >= 4 is 16.5 Å². The highest BCUT2D eigenvalue weighted by Crippen LogP contribution is 2.29. The summed E-state index contributed by atoms with van der Waals surface area (Å²) in [6, 6.07) is 15.4. The molecule has 0 radical (unpaired) electrons. The molecule has 0 spiro atoms. The van der Waals surface area contributed by atoms with Crippen LogP contribution in [0.2, 0.25) is 0 Å². The van der Waals surface area contributed by atoms with Gasteiger partial charge >= 0.3 is 0 Å². The number of nitrogens with zero attached hydrogens (tertiary/aromatic N) is 2. The topological polar surface area (TPSA) is 82.9 Å². The minimum Gasteiger partial charge on any atom is -0.392 e. The lowest BCUT2D eigenvalue weighted by atomic mass is 9.98. The molecular formula is C17H13N3OS. The number of aliphatic hydroxyl groups is 1. The number of thiazole rings is 1. The number of hydrogen-bond donors (Lipinski definition) is 2. The van der Waals surface area contributed by atoms with E-state index in [0.717, 1.165) is 27.9 Å². The van der Waals surface area contributed by atoms with Crippen LogP contribution in [0.5, 0.6) is 0 Å². The van der Waals surface area contributed by atoms with Gasteiger partial charge < -0.3 is 10.8 Å². The molecule has 0 aliphatic rings. The molecule has 5 heteroatoms.